The van der Waals surface area contributed by atoms with Crippen molar-refractivity contribution in [3.05, 3.63) is 53.4 Å². The molecule has 12 heavy (non-hydrogen) atoms. The maximum atomic E-state index is 2.18. The van der Waals surface area contributed by atoms with E-state index >= 15 is 0 Å². The highest BCUT2D eigenvalue weighted by Gasteiger charge is 2.04. The van der Waals surface area contributed by atoms with Crippen LogP contribution in [-0.2, 0) is 6.54 Å². The van der Waals surface area contributed by atoms with Gasteiger partial charge in [0.15, 0.2) is 0 Å². The van der Waals surface area contributed by atoms with Gasteiger partial charge in [0.2, 0.25) is 0 Å². The Bertz CT molecular complexity index is 268. The molecule has 0 atom stereocenters. The molecule has 0 N–H and O–H groups in total. The fourth-order valence-corrected chi connectivity index (χ4v) is 1.74. The first-order valence-corrected chi connectivity index (χ1v) is 4.84. The molecule has 0 bridgehead atoms. The summed E-state index contributed by atoms with van der Waals surface area (Å²) in [5.41, 5.74) is 1.35. The van der Waals surface area contributed by atoms with E-state index in [1.165, 1.54) is 5.56 Å². The Hall–Kier alpha value is -0.890. The van der Waals surface area contributed by atoms with Crippen molar-refractivity contribution in [3.63, 3.8) is 0 Å². The van der Waals surface area contributed by atoms with E-state index in [9.17, 15) is 0 Å². The molecular weight excluding hydrogens is 166 g/mol. The Balaban J connectivity index is 1.99. The van der Waals surface area contributed by atoms with Crippen LogP contribution in [-0.4, -0.2) is 4.90 Å². The van der Waals surface area contributed by atoms with Crippen LogP contribution < -0.4 is 0 Å². The van der Waals surface area contributed by atoms with Gasteiger partial charge < -0.3 is 4.90 Å². The van der Waals surface area contributed by atoms with Gasteiger partial charge in [-0.1, -0.05) is 30.3 Å². The molecule has 1 aromatic carbocycles. The van der Waals surface area contributed by atoms with E-state index in [2.05, 4.69) is 46.7 Å². The Morgan fingerprint density at radius 1 is 1.17 bits per heavy atom. The fourth-order valence-electron chi connectivity index (χ4n) is 1.15. The minimum Gasteiger partial charge on any atom is -0.358 e. The molecule has 0 amide bonds. The van der Waals surface area contributed by atoms with Crippen molar-refractivity contribution >= 4 is 11.8 Å². The lowest BCUT2D eigenvalue weighted by Crippen LogP contribution is -2.07. The molecule has 0 aliphatic carbocycles. The lowest BCUT2D eigenvalue weighted by Gasteiger charge is -2.13. The highest BCUT2D eigenvalue weighted by Crippen LogP contribution is 2.21. The molecule has 2 heteroatoms. The smallest absolute Gasteiger partial charge is 0.109 e. The second-order valence-corrected chi connectivity index (χ2v) is 3.44. The van der Waals surface area contributed by atoms with Gasteiger partial charge in [-0.25, -0.2) is 0 Å². The maximum Gasteiger partial charge on any atom is 0.109 e. The maximum absolute atomic E-state index is 2.18. The Morgan fingerprint density at radius 3 is 2.67 bits per heavy atom. The highest BCUT2D eigenvalue weighted by atomic mass is 32.2. The van der Waals surface area contributed by atoms with E-state index in [0.717, 1.165) is 6.54 Å². The standard InChI is InChI=1S/C10H10NS/c1-2-4-10(5-3-1)8-11-6-7-12-9-11/h1-7,9H,8H2. The molecule has 61 valence electrons. The average Bonchev–Trinajstić information content (AvgIpc) is 2.59. The zero-order valence-electron chi connectivity index (χ0n) is 6.68. The summed E-state index contributed by atoms with van der Waals surface area (Å²) in [5.74, 6) is 2.12. The lowest BCUT2D eigenvalue weighted by atomic mass is 10.2. The molecule has 1 aliphatic rings. The molecule has 0 aromatic heterocycles. The molecular formula is C10H10NS. The lowest BCUT2D eigenvalue weighted by molar-refractivity contribution is 0.490. The van der Waals surface area contributed by atoms with Crippen molar-refractivity contribution in [1.29, 1.82) is 0 Å². The van der Waals surface area contributed by atoms with Crippen LogP contribution in [0.2, 0.25) is 0 Å². The number of hydrogen-bond donors (Lipinski definition) is 0. The van der Waals surface area contributed by atoms with Gasteiger partial charge in [0.05, 0.1) is 0 Å². The van der Waals surface area contributed by atoms with Gasteiger partial charge in [-0.3, -0.25) is 0 Å². The van der Waals surface area contributed by atoms with E-state index in [1.54, 1.807) is 11.8 Å². The van der Waals surface area contributed by atoms with E-state index in [1.807, 2.05) is 6.07 Å². The van der Waals surface area contributed by atoms with Crippen molar-refractivity contribution in [2.75, 3.05) is 0 Å². The molecule has 1 aliphatic heterocycles. The van der Waals surface area contributed by atoms with Gasteiger partial charge in [-0.05, 0) is 11.0 Å². The molecule has 0 fully saturated rings. The van der Waals surface area contributed by atoms with Gasteiger partial charge in [-0.2, -0.15) is 0 Å². The summed E-state index contributed by atoms with van der Waals surface area (Å²) < 4.78 is 0. The summed E-state index contributed by atoms with van der Waals surface area (Å²) in [5, 5.41) is 2.09. The first-order valence-electron chi connectivity index (χ1n) is 3.90. The van der Waals surface area contributed by atoms with Crippen LogP contribution in [0.15, 0.2) is 41.9 Å². The number of benzene rings is 1. The van der Waals surface area contributed by atoms with Gasteiger partial charge in [0.25, 0.3) is 0 Å². The monoisotopic (exact) mass is 176 g/mol. The normalized spacial score (nSPS) is 15.5. The third-order valence-corrected chi connectivity index (χ3v) is 2.41. The predicted molar refractivity (Wildman–Crippen MR) is 53.0 cm³/mol. The molecule has 0 unspecified atom stereocenters. The Labute approximate surface area is 77.1 Å². The number of nitrogens with zero attached hydrogens (tertiary/aromatic N) is 1. The van der Waals surface area contributed by atoms with Gasteiger partial charge >= 0.3 is 0 Å². The van der Waals surface area contributed by atoms with E-state index < -0.39 is 0 Å². The molecule has 0 saturated carbocycles. The summed E-state index contributed by atoms with van der Waals surface area (Å²) >= 11 is 1.72. The van der Waals surface area contributed by atoms with Crippen LogP contribution >= 0.6 is 11.8 Å². The molecule has 1 aromatic rings. The summed E-state index contributed by atoms with van der Waals surface area (Å²) in [6.45, 7) is 0.977. The van der Waals surface area contributed by atoms with Crippen LogP contribution in [0, 0.1) is 5.88 Å². The van der Waals surface area contributed by atoms with Gasteiger partial charge in [0.1, 0.15) is 5.88 Å². The molecule has 2 rings (SSSR count). The van der Waals surface area contributed by atoms with E-state index in [-0.39, 0.29) is 0 Å². The molecule has 0 spiro atoms. The molecule has 1 heterocycles. The minimum atomic E-state index is 0.977. The quantitative estimate of drug-likeness (QED) is 0.681. The van der Waals surface area contributed by atoms with E-state index in [0.29, 0.717) is 0 Å². The summed E-state index contributed by atoms with van der Waals surface area (Å²) in [6.07, 6.45) is 2.09. The molecule has 0 saturated heterocycles. The highest BCUT2D eigenvalue weighted by molar-refractivity contribution is 8.04. The number of thioether (sulfide) groups is 1. The van der Waals surface area contributed by atoms with Crippen LogP contribution in [0.5, 0.6) is 0 Å². The largest absolute Gasteiger partial charge is 0.358 e. The Kier molecular flexibility index (Phi) is 2.37. The fraction of sp³-hybridized carbons (Fsp3) is 0.100. The van der Waals surface area contributed by atoms with E-state index in [4.69, 9.17) is 0 Å². The summed E-state index contributed by atoms with van der Waals surface area (Å²) in [7, 11) is 0. The second-order valence-electron chi connectivity index (χ2n) is 2.68. The van der Waals surface area contributed by atoms with Crippen molar-refractivity contribution < 1.29 is 0 Å². The Morgan fingerprint density at radius 2 is 2.00 bits per heavy atom. The predicted octanol–water partition coefficient (Wildman–Crippen LogP) is 2.83. The zero-order chi connectivity index (χ0) is 8.23. The van der Waals surface area contributed by atoms with Gasteiger partial charge in [-0.15, -0.1) is 11.8 Å². The zero-order valence-corrected chi connectivity index (χ0v) is 7.50. The SMILES string of the molecule is [CH]1SC=CN1Cc1ccccc1. The third-order valence-electron chi connectivity index (χ3n) is 1.74. The molecule has 1 nitrogen and oxygen atoms in total. The summed E-state index contributed by atoms with van der Waals surface area (Å²) in [6, 6.07) is 10.5. The van der Waals surface area contributed by atoms with Crippen molar-refractivity contribution in [3.8, 4) is 0 Å². The van der Waals surface area contributed by atoms with Crippen LogP contribution in [0.4, 0.5) is 0 Å². The van der Waals surface area contributed by atoms with Crippen molar-refractivity contribution in [2.45, 2.75) is 6.54 Å². The minimum absolute atomic E-state index is 0.977. The van der Waals surface area contributed by atoms with Crippen LogP contribution in [0.3, 0.4) is 0 Å². The number of rotatable bonds is 2. The van der Waals surface area contributed by atoms with Crippen LogP contribution in [0.25, 0.3) is 0 Å². The van der Waals surface area contributed by atoms with Crippen molar-refractivity contribution in [1.82, 2.24) is 4.90 Å². The third kappa shape index (κ3) is 1.83. The van der Waals surface area contributed by atoms with Crippen LogP contribution in [0.1, 0.15) is 5.56 Å². The second kappa shape index (κ2) is 3.68. The summed E-state index contributed by atoms with van der Waals surface area (Å²) in [4.78, 5) is 2.18. The number of hydrogen-bond acceptors (Lipinski definition) is 2. The molecule has 1 radical (unpaired) electrons. The van der Waals surface area contributed by atoms with Crippen molar-refractivity contribution in [2.24, 2.45) is 0 Å². The first kappa shape index (κ1) is 7.74. The first-order chi connectivity index (χ1) is 5.95. The topological polar surface area (TPSA) is 3.24 Å². The average molecular weight is 176 g/mol. The van der Waals surface area contributed by atoms with Gasteiger partial charge in [0, 0.05) is 12.7 Å².